The van der Waals surface area contributed by atoms with Crippen LogP contribution in [0.15, 0.2) is 67.1 Å². The van der Waals surface area contributed by atoms with Gasteiger partial charge >= 0.3 is 0 Å². The Hall–Kier alpha value is -3.09. The first-order valence-corrected chi connectivity index (χ1v) is 9.39. The molecule has 2 N–H and O–H groups in total. The van der Waals surface area contributed by atoms with Crippen LogP contribution in [-0.2, 0) is 6.54 Å². The van der Waals surface area contributed by atoms with Crippen LogP contribution in [0.3, 0.4) is 0 Å². The van der Waals surface area contributed by atoms with Crippen LogP contribution in [0.25, 0.3) is 27.9 Å². The molecule has 1 aliphatic heterocycles. The molecule has 0 radical (unpaired) electrons. The summed E-state index contributed by atoms with van der Waals surface area (Å²) in [6.45, 7) is 2.84. The summed E-state index contributed by atoms with van der Waals surface area (Å²) in [4.78, 5) is 4.13. The standard InChI is InChI=1S/C22H20FN5/c23-18-4-2-17(3-5-18)22-21(16-7-9-24-10-8-16)20-6-1-15(14-28(20)27-22)11-26-19-12-25-13-19/h1-10,14,19,25-26H,11-13H2. The molecule has 3 aromatic heterocycles. The molecule has 6 heteroatoms. The zero-order valence-electron chi connectivity index (χ0n) is 15.3. The van der Waals surface area contributed by atoms with E-state index in [1.165, 1.54) is 17.7 Å². The summed E-state index contributed by atoms with van der Waals surface area (Å²) < 4.78 is 15.3. The van der Waals surface area contributed by atoms with E-state index >= 15 is 0 Å². The topological polar surface area (TPSA) is 54.2 Å². The minimum Gasteiger partial charge on any atom is -0.314 e. The summed E-state index contributed by atoms with van der Waals surface area (Å²) in [7, 11) is 0. The average molecular weight is 373 g/mol. The van der Waals surface area contributed by atoms with Gasteiger partial charge in [0.25, 0.3) is 0 Å². The van der Waals surface area contributed by atoms with Crippen LogP contribution in [-0.4, -0.2) is 33.7 Å². The van der Waals surface area contributed by atoms with Gasteiger partial charge in [-0.25, -0.2) is 8.91 Å². The van der Waals surface area contributed by atoms with E-state index in [-0.39, 0.29) is 5.82 Å². The van der Waals surface area contributed by atoms with E-state index < -0.39 is 0 Å². The number of benzene rings is 1. The lowest BCUT2D eigenvalue weighted by molar-refractivity contribution is 0.365. The van der Waals surface area contributed by atoms with E-state index in [0.29, 0.717) is 6.04 Å². The maximum Gasteiger partial charge on any atom is 0.123 e. The number of aromatic nitrogens is 3. The van der Waals surface area contributed by atoms with Crippen molar-refractivity contribution in [1.82, 2.24) is 25.2 Å². The van der Waals surface area contributed by atoms with E-state index in [0.717, 1.165) is 47.5 Å². The first-order valence-electron chi connectivity index (χ1n) is 9.39. The second-order valence-electron chi connectivity index (χ2n) is 7.07. The normalized spacial score (nSPS) is 14.3. The van der Waals surface area contributed by atoms with Crippen molar-refractivity contribution in [2.75, 3.05) is 13.1 Å². The van der Waals surface area contributed by atoms with Gasteiger partial charge in [0.2, 0.25) is 0 Å². The molecule has 0 unspecified atom stereocenters. The summed E-state index contributed by atoms with van der Waals surface area (Å²) >= 11 is 0. The van der Waals surface area contributed by atoms with Crippen molar-refractivity contribution in [3.8, 4) is 22.4 Å². The first kappa shape index (κ1) is 17.0. The van der Waals surface area contributed by atoms with E-state index in [4.69, 9.17) is 5.10 Å². The third kappa shape index (κ3) is 3.17. The second-order valence-corrected chi connectivity index (χ2v) is 7.07. The Morgan fingerprint density at radius 3 is 2.50 bits per heavy atom. The van der Waals surface area contributed by atoms with Crippen molar-refractivity contribution >= 4 is 5.52 Å². The van der Waals surface area contributed by atoms with Gasteiger partial charge in [0.15, 0.2) is 0 Å². The van der Waals surface area contributed by atoms with Gasteiger partial charge in [-0.05, 0) is 53.6 Å². The lowest BCUT2D eigenvalue weighted by Crippen LogP contribution is -2.54. The van der Waals surface area contributed by atoms with E-state index in [2.05, 4.69) is 33.9 Å². The maximum atomic E-state index is 13.4. The number of pyridine rings is 2. The Kier molecular flexibility index (Phi) is 4.35. The molecule has 0 atom stereocenters. The van der Waals surface area contributed by atoms with Crippen LogP contribution in [0.2, 0.25) is 0 Å². The van der Waals surface area contributed by atoms with Crippen molar-refractivity contribution in [3.05, 3.63) is 78.5 Å². The Morgan fingerprint density at radius 1 is 1.00 bits per heavy atom. The minimum absolute atomic E-state index is 0.253. The van der Waals surface area contributed by atoms with Crippen LogP contribution >= 0.6 is 0 Å². The molecule has 5 nitrogen and oxygen atoms in total. The summed E-state index contributed by atoms with van der Waals surface area (Å²) in [5.74, 6) is -0.253. The van der Waals surface area contributed by atoms with Gasteiger partial charge in [-0.3, -0.25) is 4.98 Å². The van der Waals surface area contributed by atoms with Crippen molar-refractivity contribution < 1.29 is 4.39 Å². The average Bonchev–Trinajstić information content (AvgIpc) is 3.07. The van der Waals surface area contributed by atoms with Crippen molar-refractivity contribution in [2.24, 2.45) is 0 Å². The molecule has 0 bridgehead atoms. The summed E-state index contributed by atoms with van der Waals surface area (Å²) in [6, 6.07) is 15.2. The van der Waals surface area contributed by atoms with E-state index in [1.54, 1.807) is 24.5 Å². The fraction of sp³-hybridized carbons (Fsp3) is 0.182. The number of rotatable bonds is 5. The highest BCUT2D eigenvalue weighted by atomic mass is 19.1. The van der Waals surface area contributed by atoms with Crippen molar-refractivity contribution in [1.29, 1.82) is 0 Å². The largest absolute Gasteiger partial charge is 0.314 e. The zero-order valence-corrected chi connectivity index (χ0v) is 15.3. The van der Waals surface area contributed by atoms with E-state index in [9.17, 15) is 4.39 Å². The number of nitrogens with one attached hydrogen (secondary N) is 2. The molecule has 0 aliphatic carbocycles. The highest BCUT2D eigenvalue weighted by molar-refractivity contribution is 5.92. The molecule has 1 aromatic carbocycles. The predicted molar refractivity (Wildman–Crippen MR) is 107 cm³/mol. The molecule has 0 saturated carbocycles. The fourth-order valence-corrected chi connectivity index (χ4v) is 3.50. The molecule has 0 amide bonds. The Balaban J connectivity index is 1.60. The number of hydrogen-bond acceptors (Lipinski definition) is 4. The predicted octanol–water partition coefficient (Wildman–Crippen LogP) is 3.26. The highest BCUT2D eigenvalue weighted by Crippen LogP contribution is 2.35. The minimum atomic E-state index is -0.253. The quantitative estimate of drug-likeness (QED) is 0.564. The fourth-order valence-electron chi connectivity index (χ4n) is 3.50. The third-order valence-electron chi connectivity index (χ3n) is 5.15. The molecule has 1 saturated heterocycles. The maximum absolute atomic E-state index is 13.4. The van der Waals surface area contributed by atoms with Gasteiger partial charge in [0.1, 0.15) is 11.5 Å². The SMILES string of the molecule is Fc1ccc(-c2nn3cc(CNC4CNC4)ccc3c2-c2ccncc2)cc1. The van der Waals surface area contributed by atoms with Crippen LogP contribution in [0.4, 0.5) is 4.39 Å². The molecule has 0 spiro atoms. The van der Waals surface area contributed by atoms with Crippen LogP contribution in [0.1, 0.15) is 5.56 Å². The van der Waals surface area contributed by atoms with Crippen LogP contribution in [0, 0.1) is 5.82 Å². The monoisotopic (exact) mass is 373 g/mol. The number of hydrogen-bond donors (Lipinski definition) is 2. The number of fused-ring (bicyclic) bond motifs is 1. The second kappa shape index (κ2) is 7.14. The number of nitrogens with zero attached hydrogens (tertiary/aromatic N) is 3. The van der Waals surface area contributed by atoms with Crippen molar-refractivity contribution in [3.63, 3.8) is 0 Å². The molecule has 5 rings (SSSR count). The van der Waals surface area contributed by atoms with Gasteiger partial charge in [0.05, 0.1) is 5.52 Å². The Morgan fingerprint density at radius 2 is 1.79 bits per heavy atom. The number of halogens is 1. The Bertz CT molecular complexity index is 1100. The molecular weight excluding hydrogens is 353 g/mol. The van der Waals surface area contributed by atoms with Gasteiger partial charge < -0.3 is 10.6 Å². The molecule has 4 heterocycles. The molecule has 4 aromatic rings. The van der Waals surface area contributed by atoms with E-state index in [1.807, 2.05) is 16.6 Å². The first-order chi connectivity index (χ1) is 13.8. The summed E-state index contributed by atoms with van der Waals surface area (Å²) in [5, 5.41) is 11.6. The smallest absolute Gasteiger partial charge is 0.123 e. The van der Waals surface area contributed by atoms with Crippen LogP contribution in [0.5, 0.6) is 0 Å². The van der Waals surface area contributed by atoms with Gasteiger partial charge in [-0.15, -0.1) is 0 Å². The molecular formula is C22H20FN5. The van der Waals surface area contributed by atoms with Gasteiger partial charge in [0, 0.05) is 55.4 Å². The lowest BCUT2D eigenvalue weighted by Gasteiger charge is -2.28. The molecule has 140 valence electrons. The molecule has 1 aliphatic rings. The third-order valence-corrected chi connectivity index (χ3v) is 5.15. The zero-order chi connectivity index (χ0) is 18.9. The highest BCUT2D eigenvalue weighted by Gasteiger charge is 2.18. The summed E-state index contributed by atoms with van der Waals surface area (Å²) in [6.07, 6.45) is 5.61. The van der Waals surface area contributed by atoms with Crippen molar-refractivity contribution in [2.45, 2.75) is 12.6 Å². The van der Waals surface area contributed by atoms with Gasteiger partial charge in [-0.1, -0.05) is 6.07 Å². The molecule has 1 fully saturated rings. The van der Waals surface area contributed by atoms with Crippen LogP contribution < -0.4 is 10.6 Å². The molecule has 28 heavy (non-hydrogen) atoms. The summed E-state index contributed by atoms with van der Waals surface area (Å²) in [5.41, 5.74) is 5.97. The van der Waals surface area contributed by atoms with Gasteiger partial charge in [-0.2, -0.15) is 5.10 Å². The Labute approximate surface area is 162 Å². The lowest BCUT2D eigenvalue weighted by atomic mass is 10.0.